The molecule has 0 bridgehead atoms. The van der Waals surface area contributed by atoms with Gasteiger partial charge in [0.15, 0.2) is 0 Å². The number of imide groups is 1. The molecular weight excluding hydrogens is 529 g/mol. The van der Waals surface area contributed by atoms with Crippen LogP contribution in [0.25, 0.3) is 6.08 Å². The molecule has 0 aliphatic carbocycles. The molecule has 0 saturated carbocycles. The zero-order valence-electron chi connectivity index (χ0n) is 20.4. The number of alkyl halides is 3. The van der Waals surface area contributed by atoms with Crippen molar-refractivity contribution in [1.82, 2.24) is 0 Å². The van der Waals surface area contributed by atoms with Crippen molar-refractivity contribution in [2.45, 2.75) is 18.3 Å². The van der Waals surface area contributed by atoms with E-state index in [-0.39, 0.29) is 17.1 Å². The number of nitro benzene ring substituents is 1. The fraction of sp³-hybridized carbons (Fsp3) is 0.179. The number of carbonyl (C=O) groups is 3. The second kappa shape index (κ2) is 9.04. The van der Waals surface area contributed by atoms with Crippen LogP contribution < -0.4 is 15.1 Å². The van der Waals surface area contributed by atoms with Crippen LogP contribution in [0.4, 0.5) is 35.9 Å². The molecule has 3 aromatic carbocycles. The second-order valence-corrected chi connectivity index (χ2v) is 9.67. The molecule has 0 unspecified atom stereocenters. The molecule has 2 fully saturated rings. The van der Waals surface area contributed by atoms with Gasteiger partial charge in [0.2, 0.25) is 17.7 Å². The lowest BCUT2D eigenvalue weighted by Gasteiger charge is -2.36. The molecule has 1 N–H and O–H groups in total. The smallest absolute Gasteiger partial charge is 0.351 e. The SMILES string of the molecule is O=C(Nc1ccc([N+](=O)[O-])cc1)[C@@H]1[C@@H]2C(=O)N(c3cccc(C(F)(F)F)c3)C(=O)[C@@H]2[C@@H]2C=Cc3ccccc3N12. The van der Waals surface area contributed by atoms with Crippen molar-refractivity contribution >= 4 is 46.5 Å². The van der Waals surface area contributed by atoms with Gasteiger partial charge >= 0.3 is 6.18 Å². The number of anilines is 3. The van der Waals surface area contributed by atoms with E-state index in [4.69, 9.17) is 0 Å². The third-order valence-electron chi connectivity index (χ3n) is 7.46. The van der Waals surface area contributed by atoms with Crippen molar-refractivity contribution in [3.63, 3.8) is 0 Å². The fourth-order valence-corrected chi connectivity index (χ4v) is 5.77. The first kappa shape index (κ1) is 25.3. The summed E-state index contributed by atoms with van der Waals surface area (Å²) in [6, 6.07) is 14.3. The predicted octanol–water partition coefficient (Wildman–Crippen LogP) is 4.64. The largest absolute Gasteiger partial charge is 0.416 e. The van der Waals surface area contributed by atoms with E-state index in [1.165, 1.54) is 30.3 Å². The standard InChI is InChI=1S/C28H19F3N4O5/c29-28(30,31)16-5-3-6-19(14-16)33-26(37)22-21-13-8-15-4-1-2-7-20(15)34(21)24(23(22)27(33)38)25(36)32-17-9-11-18(12-10-17)35(39)40/h1-14,21-24H,(H,32,36)/t21-,22+,23+,24-/m0/s1. The maximum absolute atomic E-state index is 13.8. The lowest BCUT2D eigenvalue weighted by Crippen LogP contribution is -2.50. The molecule has 9 nitrogen and oxygen atoms in total. The number of hydrogen-bond acceptors (Lipinski definition) is 6. The summed E-state index contributed by atoms with van der Waals surface area (Å²) in [5.41, 5.74) is 0.218. The van der Waals surface area contributed by atoms with Crippen molar-refractivity contribution in [2.75, 3.05) is 15.1 Å². The van der Waals surface area contributed by atoms with E-state index < -0.39 is 58.3 Å². The number of carbonyl (C=O) groups excluding carboxylic acids is 3. The van der Waals surface area contributed by atoms with Crippen LogP contribution in [0, 0.1) is 22.0 Å². The maximum Gasteiger partial charge on any atom is 0.416 e. The summed E-state index contributed by atoms with van der Waals surface area (Å²) in [4.78, 5) is 54.2. The van der Waals surface area contributed by atoms with Crippen molar-refractivity contribution in [3.05, 3.63) is 100 Å². The van der Waals surface area contributed by atoms with Crippen molar-refractivity contribution in [1.29, 1.82) is 0 Å². The highest BCUT2D eigenvalue weighted by Gasteiger charge is 2.64. The van der Waals surface area contributed by atoms with Gasteiger partial charge < -0.3 is 10.2 Å². The van der Waals surface area contributed by atoms with Gasteiger partial charge in [-0.25, -0.2) is 4.90 Å². The Morgan fingerprint density at radius 2 is 1.62 bits per heavy atom. The van der Waals surface area contributed by atoms with Gasteiger partial charge in [0, 0.05) is 23.5 Å². The van der Waals surface area contributed by atoms with Crippen molar-refractivity contribution in [3.8, 4) is 0 Å². The van der Waals surface area contributed by atoms with E-state index >= 15 is 0 Å². The molecular formula is C28H19F3N4O5. The Kier molecular flexibility index (Phi) is 5.71. The molecule has 202 valence electrons. The molecule has 40 heavy (non-hydrogen) atoms. The van der Waals surface area contributed by atoms with Crippen LogP contribution in [0.15, 0.2) is 78.9 Å². The number of nitro groups is 1. The molecule has 4 atom stereocenters. The van der Waals surface area contributed by atoms with E-state index in [1.54, 1.807) is 35.3 Å². The number of benzene rings is 3. The first-order valence-corrected chi connectivity index (χ1v) is 12.2. The maximum atomic E-state index is 13.8. The number of rotatable bonds is 4. The topological polar surface area (TPSA) is 113 Å². The van der Waals surface area contributed by atoms with E-state index in [2.05, 4.69) is 5.32 Å². The lowest BCUT2D eigenvalue weighted by atomic mass is 9.88. The lowest BCUT2D eigenvalue weighted by molar-refractivity contribution is -0.384. The van der Waals surface area contributed by atoms with Crippen molar-refractivity contribution in [2.24, 2.45) is 11.8 Å². The Balaban J connectivity index is 1.41. The van der Waals surface area contributed by atoms with E-state index in [0.29, 0.717) is 5.69 Å². The first-order chi connectivity index (χ1) is 19.1. The van der Waals surface area contributed by atoms with E-state index in [0.717, 1.165) is 28.7 Å². The molecule has 3 aliphatic heterocycles. The summed E-state index contributed by atoms with van der Waals surface area (Å²) in [5, 5.41) is 13.7. The number of nitrogens with one attached hydrogen (secondary N) is 1. The van der Waals surface area contributed by atoms with Gasteiger partial charge in [0.05, 0.1) is 34.1 Å². The van der Waals surface area contributed by atoms with Gasteiger partial charge in [0.25, 0.3) is 5.69 Å². The quantitative estimate of drug-likeness (QED) is 0.289. The molecule has 6 rings (SSSR count). The molecule has 3 aromatic rings. The van der Waals surface area contributed by atoms with Crippen molar-refractivity contribution < 1.29 is 32.5 Å². The number of amides is 3. The normalized spacial score (nSPS) is 23.1. The first-order valence-electron chi connectivity index (χ1n) is 12.2. The molecule has 0 aromatic heterocycles. The summed E-state index contributed by atoms with van der Waals surface area (Å²) in [6.45, 7) is 0. The minimum Gasteiger partial charge on any atom is -0.351 e. The average molecular weight is 548 g/mol. The molecule has 2 saturated heterocycles. The Bertz CT molecular complexity index is 1600. The van der Waals surface area contributed by atoms with Gasteiger partial charge in [0.1, 0.15) is 6.04 Å². The number of hydrogen-bond donors (Lipinski definition) is 1. The summed E-state index contributed by atoms with van der Waals surface area (Å²) in [7, 11) is 0. The number of non-ortho nitro benzene ring substituents is 1. The second-order valence-electron chi connectivity index (χ2n) is 9.67. The predicted molar refractivity (Wildman–Crippen MR) is 138 cm³/mol. The van der Waals surface area contributed by atoms with Gasteiger partial charge in [-0.15, -0.1) is 0 Å². The third-order valence-corrected chi connectivity index (χ3v) is 7.46. The van der Waals surface area contributed by atoms with Crippen LogP contribution in [0.3, 0.4) is 0 Å². The summed E-state index contributed by atoms with van der Waals surface area (Å²) in [6.07, 6.45) is -1.17. The Labute approximate surface area is 224 Å². The van der Waals surface area contributed by atoms with Crippen LogP contribution in [-0.4, -0.2) is 34.7 Å². The summed E-state index contributed by atoms with van der Waals surface area (Å²) in [5.74, 6) is -4.33. The van der Waals surface area contributed by atoms with E-state index in [9.17, 15) is 37.7 Å². The van der Waals surface area contributed by atoms with Crippen LogP contribution >= 0.6 is 0 Å². The monoisotopic (exact) mass is 548 g/mol. The summed E-state index contributed by atoms with van der Waals surface area (Å²) < 4.78 is 40.2. The third kappa shape index (κ3) is 3.91. The highest BCUT2D eigenvalue weighted by molar-refractivity contribution is 6.25. The van der Waals surface area contributed by atoms with Gasteiger partial charge in [-0.1, -0.05) is 36.4 Å². The Morgan fingerprint density at radius 3 is 2.33 bits per heavy atom. The zero-order valence-corrected chi connectivity index (χ0v) is 20.4. The molecule has 3 amide bonds. The van der Waals surface area contributed by atoms with Crippen LogP contribution in [0.1, 0.15) is 11.1 Å². The van der Waals surface area contributed by atoms with Crippen LogP contribution in [0.5, 0.6) is 0 Å². The highest BCUT2D eigenvalue weighted by atomic mass is 19.4. The fourth-order valence-electron chi connectivity index (χ4n) is 5.77. The number of fused-ring (bicyclic) bond motifs is 5. The number of para-hydroxylation sites is 1. The van der Waals surface area contributed by atoms with Gasteiger partial charge in [-0.2, -0.15) is 13.2 Å². The molecule has 3 aliphatic rings. The van der Waals surface area contributed by atoms with Crippen LogP contribution in [0.2, 0.25) is 0 Å². The summed E-state index contributed by atoms with van der Waals surface area (Å²) >= 11 is 0. The van der Waals surface area contributed by atoms with Crippen LogP contribution in [-0.2, 0) is 20.6 Å². The average Bonchev–Trinajstić information content (AvgIpc) is 3.41. The van der Waals surface area contributed by atoms with Gasteiger partial charge in [-0.3, -0.25) is 24.5 Å². The minimum absolute atomic E-state index is 0.178. The highest BCUT2D eigenvalue weighted by Crippen LogP contribution is 2.49. The number of halogens is 3. The molecule has 0 radical (unpaired) electrons. The molecule has 3 heterocycles. The zero-order chi connectivity index (χ0) is 28.3. The van der Waals surface area contributed by atoms with E-state index in [1.807, 2.05) is 6.07 Å². The Morgan fingerprint density at radius 1 is 0.925 bits per heavy atom. The molecule has 0 spiro atoms. The minimum atomic E-state index is -4.68. The molecule has 12 heteroatoms. The number of nitrogens with zero attached hydrogens (tertiary/aromatic N) is 3. The Hall–Kier alpha value is -5.00. The van der Waals surface area contributed by atoms with Gasteiger partial charge in [-0.05, 0) is 42.0 Å².